The second-order valence-corrected chi connectivity index (χ2v) is 9.17. The van der Waals surface area contributed by atoms with Crippen molar-refractivity contribution < 1.29 is 9.59 Å². The number of carbonyl (C=O) groups is 2. The van der Waals surface area contributed by atoms with Crippen LogP contribution in [0.3, 0.4) is 0 Å². The molecule has 0 unspecified atom stereocenters. The van der Waals surface area contributed by atoms with E-state index in [2.05, 4.69) is 10.3 Å². The van der Waals surface area contributed by atoms with Crippen molar-refractivity contribution in [3.63, 3.8) is 0 Å². The molecule has 8 heteroatoms. The molecule has 1 aromatic heterocycles. The van der Waals surface area contributed by atoms with Crippen LogP contribution in [0.4, 0.5) is 5.13 Å². The maximum atomic E-state index is 13.5. The number of rotatable bonds is 1. The molecule has 140 valence electrons. The van der Waals surface area contributed by atoms with Crippen molar-refractivity contribution >= 4 is 28.3 Å². The molecule has 2 bridgehead atoms. The van der Waals surface area contributed by atoms with Gasteiger partial charge in [0.2, 0.25) is 11.8 Å². The summed E-state index contributed by atoms with van der Waals surface area (Å²) in [6, 6.07) is -0.0719. The molecule has 5 rings (SSSR count). The summed E-state index contributed by atoms with van der Waals surface area (Å²) in [6.07, 6.45) is 4.39. The molecule has 2 amide bonds. The van der Waals surface area contributed by atoms with E-state index in [-0.39, 0.29) is 29.8 Å². The van der Waals surface area contributed by atoms with Crippen molar-refractivity contribution in [2.24, 2.45) is 11.8 Å². The number of nitrogens with one attached hydrogen (secondary N) is 1. The zero-order valence-corrected chi connectivity index (χ0v) is 15.6. The van der Waals surface area contributed by atoms with Gasteiger partial charge in [0.1, 0.15) is 6.04 Å². The van der Waals surface area contributed by atoms with Gasteiger partial charge in [-0.2, -0.15) is 0 Å². The fourth-order valence-corrected chi connectivity index (χ4v) is 6.32. The van der Waals surface area contributed by atoms with Crippen molar-refractivity contribution in [1.82, 2.24) is 20.1 Å². The number of amides is 2. The molecule has 4 aliphatic rings. The summed E-state index contributed by atoms with van der Waals surface area (Å²) in [4.78, 5) is 35.7. The molecule has 3 N–H and O–H groups in total. The number of anilines is 1. The quantitative estimate of drug-likeness (QED) is 0.750. The van der Waals surface area contributed by atoms with Gasteiger partial charge in [0.15, 0.2) is 5.13 Å². The van der Waals surface area contributed by atoms with E-state index in [1.165, 1.54) is 11.3 Å². The summed E-state index contributed by atoms with van der Waals surface area (Å²) in [7, 11) is 0. The Labute approximate surface area is 156 Å². The Bertz CT molecular complexity index is 750. The largest absolute Gasteiger partial charge is 0.375 e. The van der Waals surface area contributed by atoms with Crippen LogP contribution in [0.5, 0.6) is 0 Å². The first-order valence-corrected chi connectivity index (χ1v) is 10.5. The maximum absolute atomic E-state index is 13.5. The van der Waals surface area contributed by atoms with Gasteiger partial charge >= 0.3 is 0 Å². The smallest absolute Gasteiger partial charge is 0.246 e. The summed E-state index contributed by atoms with van der Waals surface area (Å²) in [5.74, 6) is 1.02. The van der Waals surface area contributed by atoms with Crippen LogP contribution in [-0.2, 0) is 22.6 Å². The third kappa shape index (κ3) is 2.53. The Morgan fingerprint density at radius 3 is 3.00 bits per heavy atom. The molecule has 5 heterocycles. The summed E-state index contributed by atoms with van der Waals surface area (Å²) < 4.78 is 0. The summed E-state index contributed by atoms with van der Waals surface area (Å²) in [5.41, 5.74) is 6.87. The van der Waals surface area contributed by atoms with Gasteiger partial charge in [0.05, 0.1) is 12.2 Å². The minimum Gasteiger partial charge on any atom is -0.375 e. The molecule has 26 heavy (non-hydrogen) atoms. The fraction of sp³-hybridized carbons (Fsp3) is 0.722. The lowest BCUT2D eigenvalue weighted by Gasteiger charge is -2.54. The summed E-state index contributed by atoms with van der Waals surface area (Å²) in [5, 5.41) is 4.08. The lowest BCUT2D eigenvalue weighted by atomic mass is 9.72. The van der Waals surface area contributed by atoms with Gasteiger partial charge in [-0.15, -0.1) is 11.3 Å². The highest BCUT2D eigenvalue weighted by molar-refractivity contribution is 7.15. The van der Waals surface area contributed by atoms with E-state index >= 15 is 0 Å². The molecule has 1 aromatic rings. The highest BCUT2D eigenvalue weighted by Crippen LogP contribution is 2.40. The minimum absolute atomic E-state index is 0.120. The topological polar surface area (TPSA) is 91.6 Å². The van der Waals surface area contributed by atoms with Crippen molar-refractivity contribution in [3.05, 3.63) is 10.6 Å². The molecular weight excluding hydrogens is 350 g/mol. The van der Waals surface area contributed by atoms with Crippen LogP contribution >= 0.6 is 11.3 Å². The van der Waals surface area contributed by atoms with Crippen LogP contribution in [0, 0.1) is 11.8 Å². The normalized spacial score (nSPS) is 33.6. The number of hydrogen-bond acceptors (Lipinski definition) is 6. The number of aromatic nitrogens is 1. The lowest BCUT2D eigenvalue weighted by Crippen LogP contribution is -2.68. The van der Waals surface area contributed by atoms with Gasteiger partial charge in [0.25, 0.3) is 0 Å². The van der Waals surface area contributed by atoms with E-state index in [4.69, 9.17) is 5.73 Å². The second kappa shape index (κ2) is 6.20. The van der Waals surface area contributed by atoms with Crippen LogP contribution in [0.2, 0.25) is 0 Å². The molecule has 0 aliphatic carbocycles. The van der Waals surface area contributed by atoms with Crippen molar-refractivity contribution in [2.75, 3.05) is 25.4 Å². The van der Waals surface area contributed by atoms with Crippen molar-refractivity contribution in [3.8, 4) is 0 Å². The van der Waals surface area contributed by atoms with Crippen molar-refractivity contribution in [2.45, 2.75) is 50.7 Å². The van der Waals surface area contributed by atoms with Gasteiger partial charge in [-0.3, -0.25) is 9.59 Å². The summed E-state index contributed by atoms with van der Waals surface area (Å²) >= 11 is 1.48. The standard InChI is InChI=1S/C18H25N5O2S/c19-18-21-12-4-5-22(9-14(12)26-18)17(25)16-11-6-10(7-20-8-11)13-2-1-3-15(24)23(13)16/h10-11,13,16,20H,1-9H2,(H2,19,21)/t10-,11+,13+,16-/m1/s1. The molecular formula is C18H25N5O2S. The Balaban J connectivity index is 1.43. The van der Waals surface area contributed by atoms with Gasteiger partial charge in [-0.05, 0) is 31.7 Å². The fourth-order valence-electron chi connectivity index (χ4n) is 5.42. The number of hydrogen-bond donors (Lipinski definition) is 2. The van der Waals surface area contributed by atoms with E-state index in [1.807, 2.05) is 9.80 Å². The number of nitrogens with two attached hydrogens (primary N) is 1. The zero-order valence-electron chi connectivity index (χ0n) is 14.8. The molecule has 3 fully saturated rings. The third-order valence-corrected chi connectivity index (χ3v) is 7.47. The first-order chi connectivity index (χ1) is 12.6. The second-order valence-electron chi connectivity index (χ2n) is 8.05. The van der Waals surface area contributed by atoms with Gasteiger partial charge < -0.3 is 20.9 Å². The predicted octanol–water partition coefficient (Wildman–Crippen LogP) is 0.599. The van der Waals surface area contributed by atoms with Gasteiger partial charge in [0, 0.05) is 42.8 Å². The zero-order chi connectivity index (χ0) is 17.8. The van der Waals surface area contributed by atoms with Crippen LogP contribution in [0.15, 0.2) is 0 Å². The van der Waals surface area contributed by atoms with E-state index in [9.17, 15) is 9.59 Å². The molecule has 0 spiro atoms. The Hall–Kier alpha value is -1.67. The maximum Gasteiger partial charge on any atom is 0.246 e. The van der Waals surface area contributed by atoms with E-state index in [0.29, 0.717) is 30.6 Å². The van der Waals surface area contributed by atoms with Crippen LogP contribution in [-0.4, -0.2) is 58.3 Å². The monoisotopic (exact) mass is 375 g/mol. The van der Waals surface area contributed by atoms with Gasteiger partial charge in [-0.1, -0.05) is 0 Å². The van der Waals surface area contributed by atoms with E-state index in [1.54, 1.807) is 0 Å². The number of piperidine rings is 3. The highest BCUT2D eigenvalue weighted by atomic mass is 32.1. The Kier molecular flexibility index (Phi) is 3.93. The molecule has 0 radical (unpaired) electrons. The first kappa shape index (κ1) is 16.5. The highest BCUT2D eigenvalue weighted by Gasteiger charge is 2.51. The molecule has 0 aromatic carbocycles. The van der Waals surface area contributed by atoms with E-state index < -0.39 is 0 Å². The van der Waals surface area contributed by atoms with Crippen molar-refractivity contribution in [1.29, 1.82) is 0 Å². The van der Waals surface area contributed by atoms with Crippen LogP contribution in [0.1, 0.15) is 36.3 Å². The number of fused-ring (bicyclic) bond motifs is 5. The molecule has 7 nitrogen and oxygen atoms in total. The first-order valence-electron chi connectivity index (χ1n) is 9.66. The number of carbonyl (C=O) groups excluding carboxylic acids is 2. The Morgan fingerprint density at radius 2 is 2.12 bits per heavy atom. The minimum atomic E-state index is -0.302. The number of nitrogens with zero attached hydrogens (tertiary/aromatic N) is 3. The summed E-state index contributed by atoms with van der Waals surface area (Å²) in [6.45, 7) is 3.05. The lowest BCUT2D eigenvalue weighted by molar-refractivity contribution is -0.162. The van der Waals surface area contributed by atoms with Crippen LogP contribution in [0.25, 0.3) is 0 Å². The average Bonchev–Trinajstić information content (AvgIpc) is 3.02. The average molecular weight is 375 g/mol. The predicted molar refractivity (Wildman–Crippen MR) is 98.4 cm³/mol. The van der Waals surface area contributed by atoms with E-state index in [0.717, 1.165) is 49.3 Å². The number of nitrogen functional groups attached to an aromatic ring is 1. The van der Waals surface area contributed by atoms with Crippen LogP contribution < -0.4 is 11.1 Å². The van der Waals surface area contributed by atoms with Gasteiger partial charge in [-0.25, -0.2) is 4.98 Å². The molecule has 0 saturated carbocycles. The molecule has 4 atom stereocenters. The third-order valence-electron chi connectivity index (χ3n) is 6.56. The molecule has 3 saturated heterocycles. The molecule has 4 aliphatic heterocycles. The number of thiazole rings is 1. The Morgan fingerprint density at radius 1 is 1.27 bits per heavy atom. The SMILES string of the molecule is Nc1nc2c(s1)CN(C(=O)[C@H]1[C@@H]3CNC[C@@H](C3)[C@@H]3CCCC(=O)N31)CC2.